The third kappa shape index (κ3) is 4.91. The van der Waals surface area contributed by atoms with Crippen molar-refractivity contribution in [1.82, 2.24) is 9.62 Å². The summed E-state index contributed by atoms with van der Waals surface area (Å²) in [5.74, 6) is -1.16. The minimum atomic E-state index is -3.81. The second-order valence-electron chi connectivity index (χ2n) is 6.26. The number of aromatic carboxylic acids is 1. The van der Waals surface area contributed by atoms with Crippen molar-refractivity contribution in [3.05, 3.63) is 65.2 Å². The molecule has 26 heavy (non-hydrogen) atoms. The van der Waals surface area contributed by atoms with Gasteiger partial charge >= 0.3 is 5.97 Å². The smallest absolute Gasteiger partial charge is 0.335 e. The number of benzene rings is 2. The Labute approximate surface area is 154 Å². The monoisotopic (exact) mass is 376 g/mol. The normalized spacial score (nSPS) is 12.9. The summed E-state index contributed by atoms with van der Waals surface area (Å²) in [7, 11) is -0.0324. The van der Waals surface area contributed by atoms with Crippen LogP contribution in [0.3, 0.4) is 0 Å². The molecule has 0 saturated carbocycles. The van der Waals surface area contributed by atoms with Crippen LogP contribution in [0.1, 0.15) is 34.5 Å². The van der Waals surface area contributed by atoms with E-state index in [-0.39, 0.29) is 23.0 Å². The van der Waals surface area contributed by atoms with Crippen molar-refractivity contribution in [2.24, 2.45) is 0 Å². The lowest BCUT2D eigenvalue weighted by molar-refractivity contribution is 0.0696. The first-order valence-corrected chi connectivity index (χ1v) is 9.81. The van der Waals surface area contributed by atoms with Crippen LogP contribution in [0, 0.1) is 0 Å². The van der Waals surface area contributed by atoms with E-state index in [1.165, 1.54) is 23.8 Å². The number of carbonyl (C=O) groups is 1. The summed E-state index contributed by atoms with van der Waals surface area (Å²) in [4.78, 5) is 12.9. The van der Waals surface area contributed by atoms with E-state index in [0.717, 1.165) is 18.1 Å². The second kappa shape index (κ2) is 8.44. The highest BCUT2D eigenvalue weighted by Crippen LogP contribution is 2.20. The first-order valence-electron chi connectivity index (χ1n) is 8.33. The zero-order valence-corrected chi connectivity index (χ0v) is 16.0. The van der Waals surface area contributed by atoms with Crippen LogP contribution in [-0.4, -0.2) is 45.0 Å². The summed E-state index contributed by atoms with van der Waals surface area (Å²) in [6.45, 7) is 2.26. The van der Waals surface area contributed by atoms with E-state index < -0.39 is 16.0 Å². The van der Waals surface area contributed by atoms with E-state index >= 15 is 0 Å². The molecule has 6 nitrogen and oxygen atoms in total. The van der Waals surface area contributed by atoms with E-state index in [2.05, 4.69) is 11.6 Å². The highest BCUT2D eigenvalue weighted by Gasteiger charge is 2.20. The number of hydrogen-bond donors (Lipinski definition) is 2. The van der Waals surface area contributed by atoms with Crippen LogP contribution in [0.15, 0.2) is 53.4 Å². The molecule has 2 aromatic carbocycles. The van der Waals surface area contributed by atoms with Gasteiger partial charge in [-0.3, -0.25) is 0 Å². The molecule has 7 heteroatoms. The number of nitrogens with zero attached hydrogens (tertiary/aromatic N) is 1. The van der Waals surface area contributed by atoms with E-state index in [4.69, 9.17) is 5.11 Å². The fourth-order valence-electron chi connectivity index (χ4n) is 2.64. The van der Waals surface area contributed by atoms with Gasteiger partial charge in [-0.2, -0.15) is 0 Å². The topological polar surface area (TPSA) is 86.7 Å². The number of carboxylic acids is 1. The van der Waals surface area contributed by atoms with Crippen LogP contribution in [0.5, 0.6) is 0 Å². The van der Waals surface area contributed by atoms with E-state index in [1.807, 2.05) is 43.3 Å². The average Bonchev–Trinajstić information content (AvgIpc) is 2.62. The van der Waals surface area contributed by atoms with Gasteiger partial charge in [0.05, 0.1) is 10.5 Å². The number of rotatable bonds is 8. The predicted octanol–water partition coefficient (Wildman–Crippen LogP) is 2.53. The molecule has 0 radical (unpaired) electrons. The maximum Gasteiger partial charge on any atom is 0.335 e. The molecule has 0 unspecified atom stereocenters. The lowest BCUT2D eigenvalue weighted by Crippen LogP contribution is -2.34. The van der Waals surface area contributed by atoms with Crippen molar-refractivity contribution in [2.45, 2.75) is 24.3 Å². The highest BCUT2D eigenvalue weighted by molar-refractivity contribution is 7.89. The Morgan fingerprint density at radius 3 is 2.35 bits per heavy atom. The van der Waals surface area contributed by atoms with Gasteiger partial charge in [-0.1, -0.05) is 37.3 Å². The van der Waals surface area contributed by atoms with Crippen molar-refractivity contribution in [1.29, 1.82) is 0 Å². The minimum absolute atomic E-state index is 0.0590. The van der Waals surface area contributed by atoms with Crippen LogP contribution in [-0.2, 0) is 16.4 Å². The first kappa shape index (κ1) is 20.1. The largest absolute Gasteiger partial charge is 0.478 e. The van der Waals surface area contributed by atoms with Gasteiger partial charge in [0.2, 0.25) is 10.0 Å². The molecule has 0 heterocycles. The van der Waals surface area contributed by atoms with Crippen molar-refractivity contribution < 1.29 is 18.3 Å². The molecule has 0 bridgehead atoms. The number of aryl methyl sites for hydroxylation is 1. The van der Waals surface area contributed by atoms with Crippen LogP contribution in [0.4, 0.5) is 0 Å². The third-order valence-electron chi connectivity index (χ3n) is 4.25. The molecule has 1 atom stereocenters. The van der Waals surface area contributed by atoms with Gasteiger partial charge in [0.1, 0.15) is 0 Å². The van der Waals surface area contributed by atoms with Gasteiger partial charge in [0.15, 0.2) is 0 Å². The zero-order chi connectivity index (χ0) is 19.3. The van der Waals surface area contributed by atoms with Gasteiger partial charge < -0.3 is 10.0 Å². The molecule has 0 aliphatic heterocycles. The van der Waals surface area contributed by atoms with E-state index in [1.54, 1.807) is 0 Å². The maximum atomic E-state index is 12.5. The average molecular weight is 376 g/mol. The summed E-state index contributed by atoms with van der Waals surface area (Å²) in [6, 6.07) is 13.3. The van der Waals surface area contributed by atoms with E-state index in [9.17, 15) is 13.2 Å². The number of sulfonamides is 1. The van der Waals surface area contributed by atoms with Crippen molar-refractivity contribution in [3.8, 4) is 0 Å². The van der Waals surface area contributed by atoms with E-state index in [0.29, 0.717) is 0 Å². The van der Waals surface area contributed by atoms with Crippen LogP contribution < -0.4 is 4.72 Å². The molecule has 2 aromatic rings. The number of carboxylic acid groups (broad SMARTS) is 1. The Bertz CT molecular complexity index is 861. The second-order valence-corrected chi connectivity index (χ2v) is 8.03. The SMILES string of the molecule is CCc1ccc([C@H](CNS(=O)(=O)c2cccc(C(=O)O)c2)N(C)C)cc1. The standard InChI is InChI=1S/C19H24N2O4S/c1-4-14-8-10-15(11-9-14)18(21(2)3)13-20-26(24,25)17-7-5-6-16(12-17)19(22)23/h5-12,18,20H,4,13H2,1-3H3,(H,22,23)/t18-/m0/s1. The third-order valence-corrected chi connectivity index (χ3v) is 5.68. The van der Waals surface area contributed by atoms with Gasteiger partial charge in [-0.05, 0) is 49.8 Å². The lowest BCUT2D eigenvalue weighted by atomic mass is 10.0. The Kier molecular flexibility index (Phi) is 6.52. The van der Waals surface area contributed by atoms with Crippen molar-refractivity contribution in [2.75, 3.05) is 20.6 Å². The molecule has 0 aliphatic rings. The molecular formula is C19H24N2O4S. The fraction of sp³-hybridized carbons (Fsp3) is 0.316. The number of likely N-dealkylation sites (N-methyl/N-ethyl adjacent to an activating group) is 1. The predicted molar refractivity (Wildman–Crippen MR) is 101 cm³/mol. The minimum Gasteiger partial charge on any atom is -0.478 e. The summed E-state index contributed by atoms with van der Waals surface area (Å²) in [5.41, 5.74) is 2.17. The summed E-state index contributed by atoms with van der Waals surface area (Å²) in [5, 5.41) is 9.04. The Morgan fingerprint density at radius 2 is 1.81 bits per heavy atom. The Balaban J connectivity index is 2.19. The van der Waals surface area contributed by atoms with Gasteiger partial charge in [0, 0.05) is 12.6 Å². The van der Waals surface area contributed by atoms with Crippen LogP contribution in [0.2, 0.25) is 0 Å². The summed E-state index contributed by atoms with van der Waals surface area (Å²) >= 11 is 0. The molecule has 0 amide bonds. The quantitative estimate of drug-likeness (QED) is 0.739. The Hall–Kier alpha value is -2.22. The fourth-order valence-corrected chi connectivity index (χ4v) is 3.73. The van der Waals surface area contributed by atoms with Crippen molar-refractivity contribution >= 4 is 16.0 Å². The molecule has 0 aromatic heterocycles. The molecular weight excluding hydrogens is 352 g/mol. The number of hydrogen-bond acceptors (Lipinski definition) is 4. The van der Waals surface area contributed by atoms with Gasteiger partial charge in [0.25, 0.3) is 0 Å². The molecule has 140 valence electrons. The molecule has 0 saturated heterocycles. The zero-order valence-electron chi connectivity index (χ0n) is 15.1. The van der Waals surface area contributed by atoms with Crippen LogP contribution >= 0.6 is 0 Å². The van der Waals surface area contributed by atoms with Crippen molar-refractivity contribution in [3.63, 3.8) is 0 Å². The van der Waals surface area contributed by atoms with Gasteiger partial charge in [-0.15, -0.1) is 0 Å². The summed E-state index contributed by atoms with van der Waals surface area (Å²) in [6.07, 6.45) is 0.944. The molecule has 2 N–H and O–H groups in total. The molecule has 0 aliphatic carbocycles. The molecule has 0 spiro atoms. The van der Waals surface area contributed by atoms with Crippen LogP contribution in [0.25, 0.3) is 0 Å². The Morgan fingerprint density at radius 1 is 1.15 bits per heavy atom. The first-order chi connectivity index (χ1) is 12.2. The maximum absolute atomic E-state index is 12.5. The number of nitrogens with one attached hydrogen (secondary N) is 1. The lowest BCUT2D eigenvalue weighted by Gasteiger charge is -2.25. The molecule has 2 rings (SSSR count). The molecule has 0 fully saturated rings. The van der Waals surface area contributed by atoms with Gasteiger partial charge in [-0.25, -0.2) is 17.9 Å². The summed E-state index contributed by atoms with van der Waals surface area (Å²) < 4.78 is 27.7. The highest BCUT2D eigenvalue weighted by atomic mass is 32.2.